The molecule has 0 aliphatic heterocycles. The molecule has 1 saturated carbocycles. The first-order chi connectivity index (χ1) is 6.25. The van der Waals surface area contributed by atoms with Crippen molar-refractivity contribution in [2.75, 3.05) is 5.73 Å². The lowest BCUT2D eigenvalue weighted by molar-refractivity contribution is -0.121. The van der Waals surface area contributed by atoms with E-state index in [-0.39, 0.29) is 18.4 Å². The van der Waals surface area contributed by atoms with Crippen LogP contribution in [0.4, 0.5) is 5.95 Å². The molecule has 3 N–H and O–H groups in total. The molecule has 0 bridgehead atoms. The average molecular weight is 182 g/mol. The van der Waals surface area contributed by atoms with Gasteiger partial charge in [-0.15, -0.1) is 0 Å². The van der Waals surface area contributed by atoms with Crippen molar-refractivity contribution in [3.8, 4) is 0 Å². The second kappa shape index (κ2) is 3.00. The molecule has 13 heavy (non-hydrogen) atoms. The molecule has 1 aromatic heterocycles. The number of nitrogen functional groups attached to an aromatic ring is 1. The number of rotatable bonds is 3. The summed E-state index contributed by atoms with van der Waals surface area (Å²) < 4.78 is 1.26. The van der Waals surface area contributed by atoms with E-state index in [2.05, 4.69) is 20.8 Å². The van der Waals surface area contributed by atoms with Crippen LogP contribution in [0.25, 0.3) is 0 Å². The van der Waals surface area contributed by atoms with Gasteiger partial charge in [0.2, 0.25) is 11.9 Å². The molecule has 70 valence electrons. The molecule has 1 amide bonds. The Hall–Kier alpha value is -1.66. The third-order valence-corrected chi connectivity index (χ3v) is 1.80. The average Bonchev–Trinajstić information content (AvgIpc) is 2.79. The van der Waals surface area contributed by atoms with Crippen molar-refractivity contribution in [2.24, 2.45) is 0 Å². The maximum absolute atomic E-state index is 11.2. The summed E-state index contributed by atoms with van der Waals surface area (Å²) in [6.45, 7) is 0.0926. The van der Waals surface area contributed by atoms with Crippen molar-refractivity contribution < 1.29 is 4.79 Å². The summed E-state index contributed by atoms with van der Waals surface area (Å²) >= 11 is 0. The van der Waals surface area contributed by atoms with Crippen molar-refractivity contribution >= 4 is 11.9 Å². The molecule has 0 unspecified atom stereocenters. The van der Waals surface area contributed by atoms with Crippen LogP contribution in [-0.4, -0.2) is 32.2 Å². The van der Waals surface area contributed by atoms with Gasteiger partial charge < -0.3 is 11.1 Å². The van der Waals surface area contributed by atoms with E-state index in [1.54, 1.807) is 0 Å². The van der Waals surface area contributed by atoms with E-state index in [4.69, 9.17) is 5.73 Å². The van der Waals surface area contributed by atoms with Crippen LogP contribution in [0.15, 0.2) is 0 Å². The summed E-state index contributed by atoms with van der Waals surface area (Å²) in [6.07, 6.45) is 2.13. The van der Waals surface area contributed by atoms with Gasteiger partial charge in [0.1, 0.15) is 6.54 Å². The molecule has 0 atom stereocenters. The number of aromatic nitrogens is 4. The predicted molar refractivity (Wildman–Crippen MR) is 43.4 cm³/mol. The fourth-order valence-corrected chi connectivity index (χ4v) is 0.961. The minimum atomic E-state index is -0.0958. The second-order valence-electron chi connectivity index (χ2n) is 3.04. The van der Waals surface area contributed by atoms with Crippen LogP contribution in [0, 0.1) is 0 Å². The van der Waals surface area contributed by atoms with Gasteiger partial charge in [-0.25, -0.2) is 4.68 Å². The Bertz CT molecular complexity index is 317. The van der Waals surface area contributed by atoms with E-state index in [0.29, 0.717) is 6.04 Å². The first kappa shape index (κ1) is 7.96. The fraction of sp³-hybridized carbons (Fsp3) is 0.667. The highest BCUT2D eigenvalue weighted by Gasteiger charge is 2.23. The summed E-state index contributed by atoms with van der Waals surface area (Å²) in [5.41, 5.74) is 5.38. The summed E-state index contributed by atoms with van der Waals surface area (Å²) in [6, 6.07) is 0.352. The number of nitrogens with zero attached hydrogens (tertiary/aromatic N) is 4. The molecule has 1 heterocycles. The summed E-state index contributed by atoms with van der Waals surface area (Å²) in [7, 11) is 0. The van der Waals surface area contributed by atoms with Crippen molar-refractivity contribution in [3.05, 3.63) is 0 Å². The van der Waals surface area contributed by atoms with Crippen LogP contribution >= 0.6 is 0 Å². The number of anilines is 1. The SMILES string of the molecule is Nc1nnnn1CC(=O)NC1CC1. The minimum absolute atomic E-state index is 0.0926. The quantitative estimate of drug-likeness (QED) is 0.594. The lowest BCUT2D eigenvalue weighted by atomic mass is 10.5. The van der Waals surface area contributed by atoms with Gasteiger partial charge in [0.15, 0.2) is 0 Å². The van der Waals surface area contributed by atoms with Gasteiger partial charge >= 0.3 is 0 Å². The topological polar surface area (TPSA) is 98.7 Å². The van der Waals surface area contributed by atoms with E-state index in [1.165, 1.54) is 4.68 Å². The molecule has 1 fully saturated rings. The Morgan fingerprint density at radius 1 is 1.69 bits per heavy atom. The highest BCUT2D eigenvalue weighted by Crippen LogP contribution is 2.18. The molecule has 0 spiro atoms. The highest BCUT2D eigenvalue weighted by molar-refractivity contribution is 5.76. The number of nitrogens with one attached hydrogen (secondary N) is 1. The van der Waals surface area contributed by atoms with Gasteiger partial charge in [0.25, 0.3) is 0 Å². The Labute approximate surface area is 74.3 Å². The molecule has 0 saturated heterocycles. The van der Waals surface area contributed by atoms with Gasteiger partial charge in [0, 0.05) is 6.04 Å². The first-order valence-corrected chi connectivity index (χ1v) is 4.06. The lowest BCUT2D eigenvalue weighted by Gasteiger charge is -2.02. The van der Waals surface area contributed by atoms with Crippen LogP contribution in [0.2, 0.25) is 0 Å². The zero-order valence-corrected chi connectivity index (χ0v) is 6.97. The monoisotopic (exact) mass is 182 g/mol. The molecular weight excluding hydrogens is 172 g/mol. The van der Waals surface area contributed by atoms with Gasteiger partial charge in [-0.3, -0.25) is 4.79 Å². The van der Waals surface area contributed by atoms with Crippen molar-refractivity contribution in [2.45, 2.75) is 25.4 Å². The van der Waals surface area contributed by atoms with Gasteiger partial charge in [-0.05, 0) is 23.3 Å². The number of tetrazole rings is 1. The summed E-state index contributed by atoms with van der Waals surface area (Å²) in [5, 5.41) is 13.2. The molecule has 2 rings (SSSR count). The Morgan fingerprint density at radius 3 is 3.00 bits per heavy atom. The van der Waals surface area contributed by atoms with E-state index < -0.39 is 0 Å². The second-order valence-corrected chi connectivity index (χ2v) is 3.04. The zero-order valence-electron chi connectivity index (χ0n) is 6.97. The third kappa shape index (κ3) is 1.92. The van der Waals surface area contributed by atoms with Crippen LogP contribution in [-0.2, 0) is 11.3 Å². The number of amides is 1. The number of nitrogens with two attached hydrogens (primary N) is 1. The van der Waals surface area contributed by atoms with Crippen LogP contribution in [0.3, 0.4) is 0 Å². The van der Waals surface area contributed by atoms with Crippen molar-refractivity contribution in [3.63, 3.8) is 0 Å². The molecule has 1 aromatic rings. The number of carbonyl (C=O) groups is 1. The molecule has 1 aliphatic rings. The maximum atomic E-state index is 11.2. The molecule has 0 radical (unpaired) electrons. The van der Waals surface area contributed by atoms with Gasteiger partial charge in [0.05, 0.1) is 0 Å². The smallest absolute Gasteiger partial charge is 0.242 e. The summed E-state index contributed by atoms with van der Waals surface area (Å²) in [4.78, 5) is 11.2. The molecule has 7 nitrogen and oxygen atoms in total. The Morgan fingerprint density at radius 2 is 2.46 bits per heavy atom. The van der Waals surface area contributed by atoms with E-state index in [9.17, 15) is 4.79 Å². The van der Waals surface area contributed by atoms with Crippen LogP contribution in [0.5, 0.6) is 0 Å². The Kier molecular flexibility index (Phi) is 1.84. The van der Waals surface area contributed by atoms with E-state index >= 15 is 0 Å². The number of hydrogen-bond donors (Lipinski definition) is 2. The molecular formula is C6H10N6O. The predicted octanol–water partition coefficient (Wildman–Crippen LogP) is -1.47. The van der Waals surface area contributed by atoms with Crippen LogP contribution < -0.4 is 11.1 Å². The number of carbonyl (C=O) groups excluding carboxylic acids is 1. The lowest BCUT2D eigenvalue weighted by Crippen LogP contribution is -2.30. The van der Waals surface area contributed by atoms with Gasteiger partial charge in [-0.1, -0.05) is 5.10 Å². The fourth-order valence-electron chi connectivity index (χ4n) is 0.961. The van der Waals surface area contributed by atoms with Crippen molar-refractivity contribution in [1.29, 1.82) is 0 Å². The van der Waals surface area contributed by atoms with E-state index in [1.807, 2.05) is 0 Å². The Balaban J connectivity index is 1.89. The highest BCUT2D eigenvalue weighted by atomic mass is 16.2. The molecule has 0 aromatic carbocycles. The minimum Gasteiger partial charge on any atom is -0.367 e. The van der Waals surface area contributed by atoms with E-state index in [0.717, 1.165) is 12.8 Å². The first-order valence-electron chi connectivity index (χ1n) is 4.06. The maximum Gasteiger partial charge on any atom is 0.242 e. The molecule has 1 aliphatic carbocycles. The van der Waals surface area contributed by atoms with Gasteiger partial charge in [-0.2, -0.15) is 0 Å². The normalized spacial score (nSPS) is 15.7. The molecule has 7 heteroatoms. The largest absolute Gasteiger partial charge is 0.367 e. The summed E-state index contributed by atoms with van der Waals surface area (Å²) in [5.74, 6) is 0.0625. The zero-order chi connectivity index (χ0) is 9.26. The number of hydrogen-bond acceptors (Lipinski definition) is 5. The van der Waals surface area contributed by atoms with Crippen molar-refractivity contribution in [1.82, 2.24) is 25.5 Å². The third-order valence-electron chi connectivity index (χ3n) is 1.80. The standard InChI is InChI=1S/C6H10N6O/c7-6-9-10-11-12(6)3-5(13)8-4-1-2-4/h4H,1-3H2,(H,8,13)(H2,7,9,11). The van der Waals surface area contributed by atoms with Crippen LogP contribution in [0.1, 0.15) is 12.8 Å².